The molecule has 3 rings (SSSR count). The molecule has 0 N–H and O–H groups in total. The Morgan fingerprint density at radius 1 is 1.06 bits per heavy atom. The smallest absolute Gasteiger partial charge is 0 e. The molecule has 2 aliphatic heterocycles. The molecule has 2 radical (unpaired) electrons. The molecule has 2 aliphatic rings. The Labute approximate surface area is 181 Å². The van der Waals surface area contributed by atoms with Gasteiger partial charge in [-0.25, -0.2) is 0 Å². The molecule has 2 heterocycles. The molecule has 0 amide bonds. The Morgan fingerprint density at radius 3 is 2.44 bits per heavy atom. The Kier molecular flexibility index (Phi) is 7.42. The van der Waals surface area contributed by atoms with E-state index in [9.17, 15) is 0 Å². The minimum absolute atomic E-state index is 0. The Morgan fingerprint density at radius 2 is 1.72 bits per heavy atom. The van der Waals surface area contributed by atoms with Gasteiger partial charge in [0, 0.05) is 88.1 Å². The standard InChI is InChI=1S/C14H16N2.2Ac/c1-11-10-14(6-8-15-9-7-14)16-13-5-3-2-4-12(11)13;;/h2-5,10H,6-9H2,1H3;;/q-2;;. The van der Waals surface area contributed by atoms with E-state index in [1.165, 1.54) is 11.1 Å². The number of para-hydroxylation sites is 1. The molecule has 18 heavy (non-hydrogen) atoms. The number of hydrogen-bond donors (Lipinski definition) is 0. The van der Waals surface area contributed by atoms with Gasteiger partial charge in [0.25, 0.3) is 0 Å². The molecule has 1 fully saturated rings. The predicted molar refractivity (Wildman–Crippen MR) is 68.2 cm³/mol. The molecule has 90 valence electrons. The van der Waals surface area contributed by atoms with Gasteiger partial charge in [-0.1, -0.05) is 54.3 Å². The SMILES string of the molecule is CC1=CC2(CC[N-]CC2)[N-]c2ccccc21.[Ac].[Ac]. The predicted octanol–water partition coefficient (Wildman–Crippen LogP) is 4.02. The number of hydrogen-bond acceptors (Lipinski definition) is 0. The third kappa shape index (κ3) is 3.62. The molecule has 0 aliphatic carbocycles. The summed E-state index contributed by atoms with van der Waals surface area (Å²) in [6, 6.07) is 8.44. The normalized spacial score (nSPS) is 19.7. The summed E-state index contributed by atoms with van der Waals surface area (Å²) in [6.45, 7) is 4.10. The van der Waals surface area contributed by atoms with E-state index in [0.717, 1.165) is 31.6 Å². The van der Waals surface area contributed by atoms with Crippen molar-refractivity contribution < 1.29 is 88.1 Å². The van der Waals surface area contributed by atoms with E-state index in [4.69, 9.17) is 5.32 Å². The van der Waals surface area contributed by atoms with Gasteiger partial charge in [-0.3, -0.25) is 0 Å². The van der Waals surface area contributed by atoms with Crippen molar-refractivity contribution in [1.82, 2.24) is 0 Å². The zero-order valence-electron chi connectivity index (χ0n) is 10.8. The van der Waals surface area contributed by atoms with Crippen LogP contribution in [0.3, 0.4) is 0 Å². The summed E-state index contributed by atoms with van der Waals surface area (Å²) in [4.78, 5) is 0. The van der Waals surface area contributed by atoms with Crippen LogP contribution in [0.1, 0.15) is 25.3 Å². The topological polar surface area (TPSA) is 28.2 Å². The molecule has 1 aromatic carbocycles. The third-order valence-electron chi connectivity index (χ3n) is 3.56. The van der Waals surface area contributed by atoms with E-state index in [-0.39, 0.29) is 93.7 Å². The maximum absolute atomic E-state index is 4.95. The van der Waals surface area contributed by atoms with Crippen LogP contribution in [0.2, 0.25) is 0 Å². The summed E-state index contributed by atoms with van der Waals surface area (Å²) >= 11 is 0. The van der Waals surface area contributed by atoms with Gasteiger partial charge in [0.1, 0.15) is 0 Å². The van der Waals surface area contributed by atoms with E-state index < -0.39 is 0 Å². The van der Waals surface area contributed by atoms with E-state index in [1.54, 1.807) is 0 Å². The van der Waals surface area contributed by atoms with Crippen LogP contribution < -0.4 is 0 Å². The molecule has 0 saturated carbocycles. The molecule has 0 aromatic heterocycles. The number of nitrogens with zero attached hydrogens (tertiary/aromatic N) is 2. The summed E-state index contributed by atoms with van der Waals surface area (Å²) in [5.41, 5.74) is 3.85. The third-order valence-corrected chi connectivity index (χ3v) is 3.56. The van der Waals surface area contributed by atoms with Gasteiger partial charge in [0.05, 0.1) is 0 Å². The van der Waals surface area contributed by atoms with Crippen LogP contribution in [-0.4, -0.2) is 18.6 Å². The first-order valence-corrected chi connectivity index (χ1v) is 5.94. The summed E-state index contributed by atoms with van der Waals surface area (Å²) in [6.07, 6.45) is 4.49. The molecule has 0 unspecified atom stereocenters. The number of fused-ring (bicyclic) bond motifs is 1. The summed E-state index contributed by atoms with van der Waals surface area (Å²) in [5, 5.41) is 9.37. The van der Waals surface area contributed by atoms with Crippen molar-refractivity contribution in [2.75, 3.05) is 13.1 Å². The summed E-state index contributed by atoms with van der Waals surface area (Å²) in [7, 11) is 0. The van der Waals surface area contributed by atoms with Crippen LogP contribution in [0.25, 0.3) is 16.2 Å². The largest absolute Gasteiger partial charge is 0.675 e. The molecule has 0 bridgehead atoms. The van der Waals surface area contributed by atoms with Crippen molar-refractivity contribution in [3.8, 4) is 0 Å². The quantitative estimate of drug-likeness (QED) is 0.401. The van der Waals surface area contributed by atoms with Gasteiger partial charge in [0.15, 0.2) is 0 Å². The van der Waals surface area contributed by atoms with E-state index >= 15 is 0 Å². The minimum Gasteiger partial charge on any atom is -0.675 e. The fraction of sp³-hybridized carbons (Fsp3) is 0.429. The van der Waals surface area contributed by atoms with Crippen LogP contribution in [0, 0.1) is 88.1 Å². The first-order valence-electron chi connectivity index (χ1n) is 5.94. The van der Waals surface area contributed by atoms with Crippen molar-refractivity contribution in [2.24, 2.45) is 0 Å². The summed E-state index contributed by atoms with van der Waals surface area (Å²) in [5.74, 6) is 0. The van der Waals surface area contributed by atoms with Crippen molar-refractivity contribution in [3.63, 3.8) is 0 Å². The van der Waals surface area contributed by atoms with Crippen molar-refractivity contribution in [2.45, 2.75) is 25.3 Å². The molecular weight excluding hydrogens is 650 g/mol. The maximum atomic E-state index is 4.95. The molecular formula is C14H16Ac2N2-2. The maximum Gasteiger partial charge on any atom is 0 e. The Hall–Kier alpha value is 1.60. The van der Waals surface area contributed by atoms with Gasteiger partial charge >= 0.3 is 0 Å². The van der Waals surface area contributed by atoms with Gasteiger partial charge in [-0.2, -0.15) is 0 Å². The number of benzene rings is 1. The number of allylic oxidation sites excluding steroid dienone is 1. The molecule has 1 spiro atoms. The second-order valence-corrected chi connectivity index (χ2v) is 4.73. The van der Waals surface area contributed by atoms with E-state index in [1.807, 2.05) is 0 Å². The first-order chi connectivity index (χ1) is 7.79. The van der Waals surface area contributed by atoms with Gasteiger partial charge in [-0.05, 0) is 12.5 Å². The fourth-order valence-electron chi connectivity index (χ4n) is 2.70. The second kappa shape index (κ2) is 7.57. The molecule has 1 aromatic rings. The fourth-order valence-corrected chi connectivity index (χ4v) is 2.70. The molecule has 4 heteroatoms. The van der Waals surface area contributed by atoms with Crippen LogP contribution in [0.15, 0.2) is 30.3 Å². The van der Waals surface area contributed by atoms with Gasteiger partial charge in [0.2, 0.25) is 0 Å². The number of rotatable bonds is 0. The van der Waals surface area contributed by atoms with E-state index in [0.29, 0.717) is 0 Å². The van der Waals surface area contributed by atoms with Crippen LogP contribution in [0.5, 0.6) is 0 Å². The average Bonchev–Trinajstić information content (AvgIpc) is 2.30. The van der Waals surface area contributed by atoms with Crippen LogP contribution >= 0.6 is 0 Å². The second-order valence-electron chi connectivity index (χ2n) is 4.73. The zero-order chi connectivity index (χ0) is 11.0. The van der Waals surface area contributed by atoms with Crippen LogP contribution in [0.4, 0.5) is 5.69 Å². The first kappa shape index (κ1) is 17.7. The van der Waals surface area contributed by atoms with Crippen molar-refractivity contribution in [1.29, 1.82) is 0 Å². The summed E-state index contributed by atoms with van der Waals surface area (Å²) < 4.78 is 0. The molecule has 1 saturated heterocycles. The average molecular weight is 666 g/mol. The minimum atomic E-state index is 0. The van der Waals surface area contributed by atoms with Crippen molar-refractivity contribution in [3.05, 3.63) is 46.5 Å². The molecule has 2 nitrogen and oxygen atoms in total. The zero-order valence-corrected chi connectivity index (χ0v) is 20.3. The van der Waals surface area contributed by atoms with Crippen LogP contribution in [-0.2, 0) is 0 Å². The van der Waals surface area contributed by atoms with Crippen molar-refractivity contribution >= 4 is 11.3 Å². The monoisotopic (exact) mass is 666 g/mol. The number of piperidine rings is 1. The Balaban J connectivity index is 0.000000810. The van der Waals surface area contributed by atoms with Gasteiger partial charge in [-0.15, -0.1) is 18.8 Å². The Bertz CT molecular complexity index is 437. The molecule has 0 atom stereocenters. The van der Waals surface area contributed by atoms with Gasteiger partial charge < -0.3 is 10.6 Å². The van der Waals surface area contributed by atoms with E-state index in [2.05, 4.69) is 42.6 Å².